The summed E-state index contributed by atoms with van der Waals surface area (Å²) in [6.45, 7) is 4.43. The fourth-order valence-corrected chi connectivity index (χ4v) is 3.37. The Morgan fingerprint density at radius 2 is 2.18 bits per heavy atom. The van der Waals surface area contributed by atoms with Crippen LogP contribution in [0.5, 0.6) is 0 Å². The van der Waals surface area contributed by atoms with Crippen molar-refractivity contribution in [3.05, 3.63) is 54.0 Å². The van der Waals surface area contributed by atoms with E-state index in [0.717, 1.165) is 11.4 Å². The van der Waals surface area contributed by atoms with Crippen LogP contribution in [-0.4, -0.2) is 23.3 Å². The van der Waals surface area contributed by atoms with Gasteiger partial charge in [0, 0.05) is 11.9 Å². The lowest BCUT2D eigenvalue weighted by atomic mass is 9.67. The van der Waals surface area contributed by atoms with Gasteiger partial charge in [0.05, 0.1) is 29.6 Å². The van der Waals surface area contributed by atoms with Gasteiger partial charge in [-0.3, -0.25) is 14.6 Å². The van der Waals surface area contributed by atoms with Gasteiger partial charge in [0.2, 0.25) is 11.8 Å². The highest BCUT2D eigenvalue weighted by Gasteiger charge is 2.46. The highest BCUT2D eigenvalue weighted by molar-refractivity contribution is 5.92. The first-order valence-electron chi connectivity index (χ1n) is 9.36. The van der Waals surface area contributed by atoms with Gasteiger partial charge in [0.15, 0.2) is 0 Å². The molecule has 1 aromatic rings. The summed E-state index contributed by atoms with van der Waals surface area (Å²) >= 11 is 0. The topological polar surface area (TPSA) is 121 Å². The van der Waals surface area contributed by atoms with E-state index in [1.165, 1.54) is 0 Å². The average Bonchev–Trinajstić information content (AvgIpc) is 2.69. The normalized spacial score (nSPS) is 19.4. The van der Waals surface area contributed by atoms with E-state index in [1.807, 2.05) is 44.2 Å². The Labute approximate surface area is 165 Å². The van der Waals surface area contributed by atoms with E-state index in [0.29, 0.717) is 19.4 Å². The SMILES string of the molecule is CC(C)C[C@H](C(=O)NCC#N)C1(C(N)=O)C=CC(NCc2ccccn2)=CC1. The molecule has 2 atom stereocenters. The van der Waals surface area contributed by atoms with Crippen LogP contribution in [0.2, 0.25) is 0 Å². The second kappa shape index (κ2) is 9.70. The predicted octanol–water partition coefficient (Wildman–Crippen LogP) is 1.79. The van der Waals surface area contributed by atoms with Crippen molar-refractivity contribution in [3.63, 3.8) is 0 Å². The van der Waals surface area contributed by atoms with Crippen molar-refractivity contribution in [1.29, 1.82) is 5.26 Å². The molecule has 1 aliphatic rings. The highest BCUT2D eigenvalue weighted by atomic mass is 16.2. The summed E-state index contributed by atoms with van der Waals surface area (Å²) in [6.07, 6.45) is 7.96. The molecule has 1 unspecified atom stereocenters. The number of hydrogen-bond acceptors (Lipinski definition) is 5. The van der Waals surface area contributed by atoms with Crippen LogP contribution < -0.4 is 16.4 Å². The van der Waals surface area contributed by atoms with Gasteiger partial charge in [-0.2, -0.15) is 5.26 Å². The molecule has 0 aromatic carbocycles. The zero-order valence-electron chi connectivity index (χ0n) is 16.3. The van der Waals surface area contributed by atoms with Crippen LogP contribution in [0, 0.1) is 28.6 Å². The van der Waals surface area contributed by atoms with Gasteiger partial charge in [-0.1, -0.05) is 32.1 Å². The molecule has 1 aliphatic carbocycles. The number of nitriles is 1. The summed E-state index contributed by atoms with van der Waals surface area (Å²) < 4.78 is 0. The van der Waals surface area contributed by atoms with E-state index in [9.17, 15) is 9.59 Å². The van der Waals surface area contributed by atoms with E-state index in [1.54, 1.807) is 18.3 Å². The van der Waals surface area contributed by atoms with E-state index in [-0.39, 0.29) is 18.4 Å². The number of hydrogen-bond donors (Lipinski definition) is 3. The quantitative estimate of drug-likeness (QED) is 0.563. The molecule has 7 heteroatoms. The Morgan fingerprint density at radius 1 is 1.39 bits per heavy atom. The molecule has 7 nitrogen and oxygen atoms in total. The Kier molecular flexibility index (Phi) is 7.33. The number of rotatable bonds is 9. The van der Waals surface area contributed by atoms with Crippen LogP contribution in [0.4, 0.5) is 0 Å². The first-order valence-corrected chi connectivity index (χ1v) is 9.36. The van der Waals surface area contributed by atoms with Gasteiger partial charge in [0.1, 0.15) is 6.54 Å². The minimum Gasteiger partial charge on any atom is -0.380 e. The summed E-state index contributed by atoms with van der Waals surface area (Å²) in [5, 5.41) is 14.6. The maximum absolute atomic E-state index is 12.7. The van der Waals surface area contributed by atoms with E-state index in [2.05, 4.69) is 15.6 Å². The largest absolute Gasteiger partial charge is 0.380 e. The maximum Gasteiger partial charge on any atom is 0.228 e. The molecule has 4 N–H and O–H groups in total. The first-order chi connectivity index (χ1) is 13.4. The van der Waals surface area contributed by atoms with Crippen molar-refractivity contribution in [1.82, 2.24) is 15.6 Å². The lowest BCUT2D eigenvalue weighted by Crippen LogP contribution is -2.49. The molecule has 1 aromatic heterocycles. The highest BCUT2D eigenvalue weighted by Crippen LogP contribution is 2.40. The van der Waals surface area contributed by atoms with Crippen LogP contribution in [0.25, 0.3) is 0 Å². The zero-order chi connectivity index (χ0) is 20.6. The molecule has 1 heterocycles. The Hall–Kier alpha value is -3.14. The summed E-state index contributed by atoms with van der Waals surface area (Å²) in [7, 11) is 0. The van der Waals surface area contributed by atoms with Crippen molar-refractivity contribution in [2.75, 3.05) is 6.54 Å². The van der Waals surface area contributed by atoms with Crippen LogP contribution in [0.3, 0.4) is 0 Å². The Morgan fingerprint density at radius 3 is 2.71 bits per heavy atom. The van der Waals surface area contributed by atoms with Crippen molar-refractivity contribution in [2.24, 2.45) is 23.0 Å². The number of nitrogens with two attached hydrogens (primary N) is 1. The Bertz CT molecular complexity index is 795. The molecule has 28 heavy (non-hydrogen) atoms. The third-order valence-electron chi connectivity index (χ3n) is 4.87. The smallest absolute Gasteiger partial charge is 0.228 e. The molecule has 0 bridgehead atoms. The average molecular weight is 381 g/mol. The fourth-order valence-electron chi connectivity index (χ4n) is 3.37. The summed E-state index contributed by atoms with van der Waals surface area (Å²) in [5.74, 6) is -1.31. The van der Waals surface area contributed by atoms with E-state index >= 15 is 0 Å². The molecule has 0 spiro atoms. The van der Waals surface area contributed by atoms with Crippen molar-refractivity contribution < 1.29 is 9.59 Å². The van der Waals surface area contributed by atoms with Gasteiger partial charge in [-0.15, -0.1) is 0 Å². The first kappa shape index (κ1) is 21.2. The number of primary amides is 1. The number of carbonyl (C=O) groups is 2. The standard InChI is InChI=1S/C21H27N5O2/c1-15(2)13-18(19(27)25-12-10-22)21(20(23)28)8-6-16(7-9-21)26-14-17-5-3-4-11-24-17/h3-8,11,15,18,26H,9,12-14H2,1-2H3,(H2,23,28)(H,25,27)/t18-,21?/m1/s1. The number of amides is 2. The number of allylic oxidation sites excluding steroid dienone is 2. The molecule has 2 rings (SSSR count). The summed E-state index contributed by atoms with van der Waals surface area (Å²) in [5.41, 5.74) is 6.40. The van der Waals surface area contributed by atoms with E-state index in [4.69, 9.17) is 11.0 Å². The lowest BCUT2D eigenvalue weighted by molar-refractivity contribution is -0.138. The second-order valence-electron chi connectivity index (χ2n) is 7.33. The van der Waals surface area contributed by atoms with Crippen molar-refractivity contribution >= 4 is 11.8 Å². The number of carbonyl (C=O) groups excluding carboxylic acids is 2. The number of nitrogens with zero attached hydrogens (tertiary/aromatic N) is 2. The van der Waals surface area contributed by atoms with Crippen LogP contribution >= 0.6 is 0 Å². The molecule has 0 radical (unpaired) electrons. The summed E-state index contributed by atoms with van der Waals surface area (Å²) in [6, 6.07) is 7.60. The van der Waals surface area contributed by atoms with Gasteiger partial charge in [0.25, 0.3) is 0 Å². The zero-order valence-corrected chi connectivity index (χ0v) is 16.3. The van der Waals surface area contributed by atoms with Gasteiger partial charge < -0.3 is 16.4 Å². The molecular weight excluding hydrogens is 354 g/mol. The van der Waals surface area contributed by atoms with Gasteiger partial charge in [-0.25, -0.2) is 0 Å². The third-order valence-corrected chi connectivity index (χ3v) is 4.87. The fraction of sp³-hybridized carbons (Fsp3) is 0.429. The number of pyridine rings is 1. The Balaban J connectivity index is 2.17. The van der Waals surface area contributed by atoms with Crippen molar-refractivity contribution in [2.45, 2.75) is 33.2 Å². The van der Waals surface area contributed by atoms with Crippen molar-refractivity contribution in [3.8, 4) is 6.07 Å². The molecule has 2 amide bonds. The van der Waals surface area contributed by atoms with Crippen LogP contribution in [-0.2, 0) is 16.1 Å². The molecule has 0 saturated heterocycles. The summed E-state index contributed by atoms with van der Waals surface area (Å²) in [4.78, 5) is 29.4. The lowest BCUT2D eigenvalue weighted by Gasteiger charge is -2.37. The monoisotopic (exact) mass is 381 g/mol. The minimum atomic E-state index is -1.11. The molecular formula is C21H27N5O2. The molecule has 0 aliphatic heterocycles. The van der Waals surface area contributed by atoms with Gasteiger partial charge in [-0.05, 0) is 37.0 Å². The minimum absolute atomic E-state index is 0.0985. The van der Waals surface area contributed by atoms with Gasteiger partial charge >= 0.3 is 0 Å². The van der Waals surface area contributed by atoms with Crippen LogP contribution in [0.1, 0.15) is 32.4 Å². The number of nitrogens with one attached hydrogen (secondary N) is 2. The van der Waals surface area contributed by atoms with E-state index < -0.39 is 17.2 Å². The second-order valence-corrected chi connectivity index (χ2v) is 7.33. The predicted molar refractivity (Wildman–Crippen MR) is 106 cm³/mol. The molecule has 0 saturated carbocycles. The van der Waals surface area contributed by atoms with Crippen LogP contribution in [0.15, 0.2) is 48.3 Å². The third kappa shape index (κ3) is 5.19. The molecule has 148 valence electrons. The number of aromatic nitrogens is 1. The maximum atomic E-state index is 12.7. The molecule has 0 fully saturated rings.